The summed E-state index contributed by atoms with van der Waals surface area (Å²) in [6.45, 7) is 0. The lowest BCUT2D eigenvalue weighted by Gasteiger charge is -1.98. The minimum atomic E-state index is -0.844. The summed E-state index contributed by atoms with van der Waals surface area (Å²) in [4.78, 5) is 3.55. The second-order valence-corrected chi connectivity index (χ2v) is 3.53. The van der Waals surface area contributed by atoms with Gasteiger partial charge < -0.3 is 0 Å². The molecule has 0 bridgehead atoms. The highest BCUT2D eigenvalue weighted by Gasteiger charge is 2.06. The largest absolute Gasteiger partial charge is 0.250 e. The zero-order valence-electron chi connectivity index (χ0n) is 9.00. The molecule has 0 radical (unpaired) electrons. The molecule has 0 fully saturated rings. The van der Waals surface area contributed by atoms with Gasteiger partial charge in [-0.25, -0.2) is 17.6 Å². The maximum Gasteiger partial charge on any atom is 0.151 e. The summed E-state index contributed by atoms with van der Waals surface area (Å²) in [6.07, 6.45) is 0.994. The zero-order chi connectivity index (χ0) is 13.1. The summed E-state index contributed by atoms with van der Waals surface area (Å²) in [5.41, 5.74) is -0.419. The van der Waals surface area contributed by atoms with E-state index in [1.807, 2.05) is 0 Å². The SMILES string of the molecule is Fc1cc(F)cc(C=Nc2c(F)cccc2F)c1. The smallest absolute Gasteiger partial charge is 0.151 e. The zero-order valence-corrected chi connectivity index (χ0v) is 9.00. The van der Waals surface area contributed by atoms with Gasteiger partial charge in [0.25, 0.3) is 0 Å². The van der Waals surface area contributed by atoms with Crippen LogP contribution in [-0.2, 0) is 0 Å². The van der Waals surface area contributed by atoms with Crippen LogP contribution in [0.2, 0.25) is 0 Å². The minimum Gasteiger partial charge on any atom is -0.250 e. The topological polar surface area (TPSA) is 12.4 Å². The van der Waals surface area contributed by atoms with E-state index in [2.05, 4.69) is 4.99 Å². The van der Waals surface area contributed by atoms with Crippen LogP contribution in [0.25, 0.3) is 0 Å². The van der Waals surface area contributed by atoms with E-state index in [4.69, 9.17) is 0 Å². The highest BCUT2D eigenvalue weighted by molar-refractivity contribution is 5.82. The Morgan fingerprint density at radius 1 is 0.833 bits per heavy atom. The molecule has 0 N–H and O–H groups in total. The van der Waals surface area contributed by atoms with Crippen molar-refractivity contribution in [3.63, 3.8) is 0 Å². The fourth-order valence-electron chi connectivity index (χ4n) is 1.40. The van der Waals surface area contributed by atoms with Crippen molar-refractivity contribution in [3.05, 3.63) is 65.2 Å². The van der Waals surface area contributed by atoms with Gasteiger partial charge in [0.2, 0.25) is 0 Å². The fraction of sp³-hybridized carbons (Fsp3) is 0. The Labute approximate surface area is 100 Å². The van der Waals surface area contributed by atoms with E-state index in [1.54, 1.807) is 0 Å². The summed E-state index contributed by atoms with van der Waals surface area (Å²) >= 11 is 0. The predicted molar refractivity (Wildman–Crippen MR) is 60.0 cm³/mol. The van der Waals surface area contributed by atoms with Gasteiger partial charge in [0.1, 0.15) is 17.3 Å². The van der Waals surface area contributed by atoms with E-state index in [-0.39, 0.29) is 5.56 Å². The maximum absolute atomic E-state index is 13.2. The molecule has 1 nitrogen and oxygen atoms in total. The van der Waals surface area contributed by atoms with Crippen molar-refractivity contribution >= 4 is 11.9 Å². The van der Waals surface area contributed by atoms with Crippen LogP contribution in [0.1, 0.15) is 5.56 Å². The van der Waals surface area contributed by atoms with Crippen LogP contribution in [0.3, 0.4) is 0 Å². The summed E-state index contributed by atoms with van der Waals surface area (Å²) in [5.74, 6) is -3.26. The molecule has 2 rings (SSSR count). The molecule has 0 saturated heterocycles. The molecule has 0 unspecified atom stereocenters. The van der Waals surface area contributed by atoms with Gasteiger partial charge in [0.05, 0.1) is 0 Å². The summed E-state index contributed by atoms with van der Waals surface area (Å²) < 4.78 is 52.1. The molecule has 0 amide bonds. The second-order valence-electron chi connectivity index (χ2n) is 3.53. The third kappa shape index (κ3) is 2.74. The van der Waals surface area contributed by atoms with E-state index < -0.39 is 29.0 Å². The molecule has 18 heavy (non-hydrogen) atoms. The van der Waals surface area contributed by atoms with Crippen LogP contribution >= 0.6 is 0 Å². The molecule has 0 aliphatic rings. The quantitative estimate of drug-likeness (QED) is 0.566. The summed E-state index contributed by atoms with van der Waals surface area (Å²) in [6, 6.07) is 5.99. The first-order valence-corrected chi connectivity index (χ1v) is 5.00. The molecule has 2 aromatic carbocycles. The first kappa shape index (κ1) is 12.3. The Morgan fingerprint density at radius 2 is 1.39 bits per heavy atom. The van der Waals surface area contributed by atoms with Crippen molar-refractivity contribution in [1.82, 2.24) is 0 Å². The van der Waals surface area contributed by atoms with Crippen LogP contribution in [-0.4, -0.2) is 6.21 Å². The Kier molecular flexibility index (Phi) is 3.41. The third-order valence-corrected chi connectivity index (χ3v) is 2.17. The molecule has 92 valence electrons. The first-order chi connectivity index (χ1) is 8.56. The van der Waals surface area contributed by atoms with Crippen molar-refractivity contribution in [3.8, 4) is 0 Å². The normalized spacial score (nSPS) is 11.1. The van der Waals surface area contributed by atoms with E-state index in [9.17, 15) is 17.6 Å². The lowest BCUT2D eigenvalue weighted by Crippen LogP contribution is -1.88. The number of halogens is 4. The van der Waals surface area contributed by atoms with Gasteiger partial charge in [0.15, 0.2) is 11.6 Å². The van der Waals surface area contributed by atoms with Gasteiger partial charge in [0, 0.05) is 12.3 Å². The van der Waals surface area contributed by atoms with E-state index in [1.165, 1.54) is 6.07 Å². The number of aliphatic imine (C=N–C) groups is 1. The Bertz CT molecular complexity index is 567. The van der Waals surface area contributed by atoms with Gasteiger partial charge in [-0.15, -0.1) is 0 Å². The van der Waals surface area contributed by atoms with E-state index in [0.717, 1.165) is 30.5 Å². The van der Waals surface area contributed by atoms with Gasteiger partial charge in [-0.2, -0.15) is 0 Å². The average molecular weight is 253 g/mol. The number of hydrogen-bond acceptors (Lipinski definition) is 1. The molecule has 0 aliphatic carbocycles. The number of para-hydroxylation sites is 1. The highest BCUT2D eigenvalue weighted by atomic mass is 19.1. The van der Waals surface area contributed by atoms with Crippen LogP contribution in [0.15, 0.2) is 41.4 Å². The summed E-state index contributed by atoms with van der Waals surface area (Å²) in [5, 5.41) is 0. The first-order valence-electron chi connectivity index (χ1n) is 5.00. The molecule has 0 heterocycles. The van der Waals surface area contributed by atoms with Crippen LogP contribution in [0, 0.1) is 23.3 Å². The molecule has 5 heteroatoms. The van der Waals surface area contributed by atoms with Crippen molar-refractivity contribution in [2.24, 2.45) is 4.99 Å². The lowest BCUT2D eigenvalue weighted by atomic mass is 10.2. The molecule has 0 spiro atoms. The number of rotatable bonds is 2. The van der Waals surface area contributed by atoms with Crippen LogP contribution in [0.5, 0.6) is 0 Å². The lowest BCUT2D eigenvalue weighted by molar-refractivity contribution is 0.583. The standard InChI is InChI=1S/C13H7F4N/c14-9-4-8(5-10(15)6-9)7-18-13-11(16)2-1-3-12(13)17/h1-7H. The molecule has 0 aromatic heterocycles. The van der Waals surface area contributed by atoms with Gasteiger partial charge in [-0.3, -0.25) is 4.99 Å². The molecule has 0 atom stereocenters. The molecular weight excluding hydrogens is 246 g/mol. The molecule has 2 aromatic rings. The van der Waals surface area contributed by atoms with Gasteiger partial charge >= 0.3 is 0 Å². The Balaban J connectivity index is 2.36. The van der Waals surface area contributed by atoms with Crippen molar-refractivity contribution in [2.75, 3.05) is 0 Å². The number of hydrogen-bond donors (Lipinski definition) is 0. The molecular formula is C13H7F4N. The van der Waals surface area contributed by atoms with E-state index >= 15 is 0 Å². The second kappa shape index (κ2) is 5.00. The van der Waals surface area contributed by atoms with Crippen LogP contribution < -0.4 is 0 Å². The van der Waals surface area contributed by atoms with Crippen molar-refractivity contribution in [1.29, 1.82) is 0 Å². The maximum atomic E-state index is 13.2. The minimum absolute atomic E-state index is 0.0788. The highest BCUT2D eigenvalue weighted by Crippen LogP contribution is 2.21. The molecule has 0 aliphatic heterocycles. The predicted octanol–water partition coefficient (Wildman–Crippen LogP) is 3.99. The third-order valence-electron chi connectivity index (χ3n) is 2.17. The Morgan fingerprint density at radius 3 is 1.94 bits per heavy atom. The average Bonchev–Trinajstić information content (AvgIpc) is 2.27. The van der Waals surface area contributed by atoms with Gasteiger partial charge in [-0.1, -0.05) is 6.07 Å². The van der Waals surface area contributed by atoms with Crippen molar-refractivity contribution < 1.29 is 17.6 Å². The molecule has 0 saturated carbocycles. The number of nitrogens with zero attached hydrogens (tertiary/aromatic N) is 1. The van der Waals surface area contributed by atoms with E-state index in [0.29, 0.717) is 6.07 Å². The summed E-state index contributed by atoms with van der Waals surface area (Å²) in [7, 11) is 0. The monoisotopic (exact) mass is 253 g/mol. The number of benzene rings is 2. The Hall–Kier alpha value is -2.17. The van der Waals surface area contributed by atoms with Crippen molar-refractivity contribution in [2.45, 2.75) is 0 Å². The van der Waals surface area contributed by atoms with Crippen LogP contribution in [0.4, 0.5) is 23.2 Å². The fourth-order valence-corrected chi connectivity index (χ4v) is 1.40. The van der Waals surface area contributed by atoms with Gasteiger partial charge in [-0.05, 0) is 29.8 Å².